The Morgan fingerprint density at radius 1 is 0.960 bits per heavy atom. The number of nitrogens with zero attached hydrogens (tertiary/aromatic N) is 2. The van der Waals surface area contributed by atoms with Crippen molar-refractivity contribution in [3.8, 4) is 5.75 Å². The first-order chi connectivity index (χ1) is 12.0. The van der Waals surface area contributed by atoms with Gasteiger partial charge in [-0.1, -0.05) is 30.3 Å². The highest BCUT2D eigenvalue weighted by molar-refractivity contribution is 7.89. The fourth-order valence-electron chi connectivity index (χ4n) is 3.18. The Morgan fingerprint density at radius 3 is 2.28 bits per heavy atom. The molecule has 0 N–H and O–H groups in total. The van der Waals surface area contributed by atoms with E-state index in [1.807, 2.05) is 24.3 Å². The topological polar surface area (TPSA) is 49.9 Å². The molecule has 1 aliphatic rings. The lowest BCUT2D eigenvalue weighted by Gasteiger charge is -2.37. The monoisotopic (exact) mass is 360 g/mol. The number of methoxy groups -OCH3 is 1. The van der Waals surface area contributed by atoms with Crippen molar-refractivity contribution in [1.82, 2.24) is 9.21 Å². The van der Waals surface area contributed by atoms with Gasteiger partial charge in [0.2, 0.25) is 10.0 Å². The minimum absolute atomic E-state index is 0.219. The van der Waals surface area contributed by atoms with E-state index in [-0.39, 0.29) is 6.04 Å². The predicted molar refractivity (Wildman–Crippen MR) is 98.2 cm³/mol. The Labute approximate surface area is 149 Å². The van der Waals surface area contributed by atoms with Crippen LogP contribution in [0, 0.1) is 0 Å². The first-order valence-corrected chi connectivity index (χ1v) is 9.89. The molecule has 5 nitrogen and oxygen atoms in total. The molecule has 1 heterocycles. The summed E-state index contributed by atoms with van der Waals surface area (Å²) < 4.78 is 32.3. The molecule has 1 saturated heterocycles. The lowest BCUT2D eigenvalue weighted by Crippen LogP contribution is -2.49. The molecule has 0 radical (unpaired) electrons. The van der Waals surface area contributed by atoms with Crippen LogP contribution in [-0.4, -0.2) is 50.9 Å². The summed E-state index contributed by atoms with van der Waals surface area (Å²) in [6.45, 7) is 4.59. The van der Waals surface area contributed by atoms with Crippen molar-refractivity contribution in [1.29, 1.82) is 0 Å². The van der Waals surface area contributed by atoms with Crippen LogP contribution in [0.25, 0.3) is 0 Å². The normalized spacial score (nSPS) is 18.0. The van der Waals surface area contributed by atoms with Gasteiger partial charge in [0.15, 0.2) is 0 Å². The molecule has 2 aromatic carbocycles. The van der Waals surface area contributed by atoms with E-state index in [1.54, 1.807) is 35.7 Å². The van der Waals surface area contributed by atoms with Gasteiger partial charge in [-0.3, -0.25) is 4.90 Å². The minimum atomic E-state index is -3.40. The van der Waals surface area contributed by atoms with Gasteiger partial charge in [0, 0.05) is 32.2 Å². The summed E-state index contributed by atoms with van der Waals surface area (Å²) in [5.41, 5.74) is 1.18. The Kier molecular flexibility index (Phi) is 5.42. The molecule has 2 aromatic rings. The van der Waals surface area contributed by atoms with E-state index in [1.165, 1.54) is 5.56 Å². The second kappa shape index (κ2) is 7.56. The molecule has 25 heavy (non-hydrogen) atoms. The molecule has 1 fully saturated rings. The van der Waals surface area contributed by atoms with E-state index in [9.17, 15) is 8.42 Å². The van der Waals surface area contributed by atoms with Crippen molar-refractivity contribution in [2.45, 2.75) is 17.9 Å². The minimum Gasteiger partial charge on any atom is -0.497 e. The van der Waals surface area contributed by atoms with Crippen molar-refractivity contribution < 1.29 is 13.2 Å². The third kappa shape index (κ3) is 3.86. The number of benzene rings is 2. The fourth-order valence-corrected chi connectivity index (χ4v) is 4.63. The van der Waals surface area contributed by atoms with E-state index in [0.29, 0.717) is 31.1 Å². The fraction of sp³-hybridized carbons (Fsp3) is 0.368. The maximum absolute atomic E-state index is 12.7. The van der Waals surface area contributed by atoms with Crippen LogP contribution in [0.15, 0.2) is 59.5 Å². The lowest BCUT2D eigenvalue weighted by molar-refractivity contribution is 0.145. The predicted octanol–water partition coefficient (Wildman–Crippen LogP) is 2.76. The number of sulfonamides is 1. The summed E-state index contributed by atoms with van der Waals surface area (Å²) in [7, 11) is -1.74. The summed E-state index contributed by atoms with van der Waals surface area (Å²) in [4.78, 5) is 2.68. The standard InChI is InChI=1S/C19H24N2O3S/c1-16(17-7-6-8-18(15-17)24-2)20-11-13-21(14-12-20)25(22,23)19-9-4-3-5-10-19/h3-10,15-16H,11-14H2,1-2H3/t16-/m0/s1. The Balaban J connectivity index is 1.67. The highest BCUT2D eigenvalue weighted by Crippen LogP contribution is 2.26. The summed E-state index contributed by atoms with van der Waals surface area (Å²) in [5, 5.41) is 0. The highest BCUT2D eigenvalue weighted by Gasteiger charge is 2.30. The number of hydrogen-bond donors (Lipinski definition) is 0. The molecule has 1 atom stereocenters. The zero-order valence-corrected chi connectivity index (χ0v) is 15.4. The Bertz CT molecular complexity index is 800. The van der Waals surface area contributed by atoms with Gasteiger partial charge in [-0.05, 0) is 36.8 Å². The van der Waals surface area contributed by atoms with E-state index in [2.05, 4.69) is 17.9 Å². The van der Waals surface area contributed by atoms with Crippen LogP contribution in [-0.2, 0) is 10.0 Å². The van der Waals surface area contributed by atoms with Gasteiger partial charge >= 0.3 is 0 Å². The van der Waals surface area contributed by atoms with Crippen LogP contribution in [0.2, 0.25) is 0 Å². The average molecular weight is 360 g/mol. The van der Waals surface area contributed by atoms with Gasteiger partial charge in [0.1, 0.15) is 5.75 Å². The zero-order valence-electron chi connectivity index (χ0n) is 14.6. The summed E-state index contributed by atoms with van der Waals surface area (Å²) in [6, 6.07) is 16.9. The van der Waals surface area contributed by atoms with Crippen LogP contribution in [0.4, 0.5) is 0 Å². The Morgan fingerprint density at radius 2 is 1.64 bits per heavy atom. The van der Waals surface area contributed by atoms with Gasteiger partial charge in [0.05, 0.1) is 12.0 Å². The highest BCUT2D eigenvalue weighted by atomic mass is 32.2. The average Bonchev–Trinajstić information content (AvgIpc) is 2.68. The third-order valence-corrected chi connectivity index (χ3v) is 6.69. The molecule has 0 aromatic heterocycles. The summed E-state index contributed by atoms with van der Waals surface area (Å²) in [5.74, 6) is 0.842. The van der Waals surface area contributed by atoms with Gasteiger partial charge in [-0.25, -0.2) is 8.42 Å². The number of rotatable bonds is 5. The molecule has 1 aliphatic heterocycles. The van der Waals surface area contributed by atoms with Gasteiger partial charge in [-0.2, -0.15) is 4.31 Å². The van der Waals surface area contributed by atoms with Crippen molar-refractivity contribution in [2.75, 3.05) is 33.3 Å². The number of piperazine rings is 1. The van der Waals surface area contributed by atoms with Crippen molar-refractivity contribution >= 4 is 10.0 Å². The van der Waals surface area contributed by atoms with Crippen LogP contribution in [0.1, 0.15) is 18.5 Å². The molecule has 134 valence electrons. The third-order valence-electron chi connectivity index (χ3n) is 4.78. The maximum Gasteiger partial charge on any atom is 0.243 e. The molecule has 0 amide bonds. The Hall–Kier alpha value is -1.89. The van der Waals surface area contributed by atoms with Gasteiger partial charge in [-0.15, -0.1) is 0 Å². The van der Waals surface area contributed by atoms with Crippen LogP contribution in [0.3, 0.4) is 0 Å². The zero-order chi connectivity index (χ0) is 17.9. The maximum atomic E-state index is 12.7. The second-order valence-electron chi connectivity index (χ2n) is 6.21. The van der Waals surface area contributed by atoms with E-state index < -0.39 is 10.0 Å². The first-order valence-electron chi connectivity index (χ1n) is 8.45. The van der Waals surface area contributed by atoms with Crippen molar-refractivity contribution in [3.05, 3.63) is 60.2 Å². The van der Waals surface area contributed by atoms with E-state index in [0.717, 1.165) is 5.75 Å². The van der Waals surface area contributed by atoms with E-state index >= 15 is 0 Å². The summed E-state index contributed by atoms with van der Waals surface area (Å²) >= 11 is 0. The van der Waals surface area contributed by atoms with Crippen LogP contribution >= 0.6 is 0 Å². The van der Waals surface area contributed by atoms with Crippen LogP contribution in [0.5, 0.6) is 5.75 Å². The smallest absolute Gasteiger partial charge is 0.243 e. The lowest BCUT2D eigenvalue weighted by atomic mass is 10.1. The first kappa shape index (κ1) is 17.9. The SMILES string of the molecule is COc1cccc([C@H](C)N2CCN(S(=O)(=O)c3ccccc3)CC2)c1. The van der Waals surface area contributed by atoms with Crippen molar-refractivity contribution in [3.63, 3.8) is 0 Å². The molecule has 0 spiro atoms. The largest absolute Gasteiger partial charge is 0.497 e. The molecule has 0 bridgehead atoms. The second-order valence-corrected chi connectivity index (χ2v) is 8.14. The number of hydrogen-bond acceptors (Lipinski definition) is 4. The van der Waals surface area contributed by atoms with Crippen LogP contribution < -0.4 is 4.74 Å². The molecule has 6 heteroatoms. The summed E-state index contributed by atoms with van der Waals surface area (Å²) in [6.07, 6.45) is 0. The quantitative estimate of drug-likeness (QED) is 0.823. The van der Waals surface area contributed by atoms with Crippen molar-refractivity contribution in [2.24, 2.45) is 0 Å². The molecule has 0 aliphatic carbocycles. The molecular formula is C19H24N2O3S. The molecule has 3 rings (SSSR count). The van der Waals surface area contributed by atoms with Gasteiger partial charge in [0.25, 0.3) is 0 Å². The molecular weight excluding hydrogens is 336 g/mol. The number of ether oxygens (including phenoxy) is 1. The molecule has 0 unspecified atom stereocenters. The van der Waals surface area contributed by atoms with E-state index in [4.69, 9.17) is 4.74 Å². The molecule has 0 saturated carbocycles. The van der Waals surface area contributed by atoms with Gasteiger partial charge < -0.3 is 4.74 Å².